The lowest BCUT2D eigenvalue weighted by Gasteiger charge is -2.05. The molecule has 2 aromatic rings. The zero-order valence-electron chi connectivity index (χ0n) is 9.03. The molecule has 2 aromatic heterocycles. The van der Waals surface area contributed by atoms with Crippen LogP contribution in [0.5, 0.6) is 0 Å². The Balaban J connectivity index is 1.90. The van der Waals surface area contributed by atoms with Gasteiger partial charge in [0.05, 0.1) is 6.26 Å². The molecule has 2 heterocycles. The van der Waals surface area contributed by atoms with Crippen LogP contribution in [0.15, 0.2) is 12.1 Å². The summed E-state index contributed by atoms with van der Waals surface area (Å²) in [6.07, 6.45) is 1.11. The van der Waals surface area contributed by atoms with Crippen LogP contribution in [0.2, 0.25) is 0 Å². The molecular weight excluding hydrogens is 246 g/mol. The second-order valence-corrected chi connectivity index (χ2v) is 5.17. The summed E-state index contributed by atoms with van der Waals surface area (Å²) in [6, 6.07) is 3.42. The van der Waals surface area contributed by atoms with Gasteiger partial charge >= 0.3 is 0 Å². The fraction of sp³-hybridized carbons (Fsp3) is 0.429. The summed E-state index contributed by atoms with van der Waals surface area (Å²) in [5.74, 6) is 0.570. The van der Waals surface area contributed by atoms with Crippen LogP contribution in [-0.4, -0.2) is 53.0 Å². The molecule has 0 aliphatic carbocycles. The van der Waals surface area contributed by atoms with Gasteiger partial charge < -0.3 is 5.32 Å². The van der Waals surface area contributed by atoms with E-state index < -0.39 is 10.0 Å². The number of hydrogen-bond donors (Lipinski definition) is 2. The summed E-state index contributed by atoms with van der Waals surface area (Å²) in [5.41, 5.74) is 0.546. The molecule has 0 fully saturated rings. The summed E-state index contributed by atoms with van der Waals surface area (Å²) < 4.78 is 25.2. The second-order valence-electron chi connectivity index (χ2n) is 3.34. The first kappa shape index (κ1) is 11.7. The summed E-state index contributed by atoms with van der Waals surface area (Å²) in [4.78, 5) is 0. The van der Waals surface area contributed by atoms with Crippen molar-refractivity contribution < 1.29 is 8.42 Å². The lowest BCUT2D eigenvalue weighted by atomic mass is 10.5. The molecule has 0 radical (unpaired) electrons. The quantitative estimate of drug-likeness (QED) is 0.625. The highest BCUT2D eigenvalue weighted by molar-refractivity contribution is 7.88. The van der Waals surface area contributed by atoms with Crippen molar-refractivity contribution >= 4 is 21.5 Å². The fourth-order valence-corrected chi connectivity index (χ4v) is 1.64. The molecular formula is C7H11N7O2S. The van der Waals surface area contributed by atoms with Gasteiger partial charge in [-0.05, 0) is 22.6 Å². The van der Waals surface area contributed by atoms with Crippen LogP contribution in [0.4, 0.5) is 5.82 Å². The smallest absolute Gasteiger partial charge is 0.208 e. The van der Waals surface area contributed by atoms with Crippen molar-refractivity contribution in [2.75, 3.05) is 24.7 Å². The minimum atomic E-state index is -3.15. The molecule has 0 aliphatic heterocycles. The van der Waals surface area contributed by atoms with Crippen molar-refractivity contribution in [1.82, 2.24) is 30.0 Å². The van der Waals surface area contributed by atoms with E-state index in [4.69, 9.17) is 0 Å². The number of sulfonamides is 1. The third-order valence-electron chi connectivity index (χ3n) is 1.86. The maximum absolute atomic E-state index is 10.8. The summed E-state index contributed by atoms with van der Waals surface area (Å²) >= 11 is 0. The number of hydrogen-bond acceptors (Lipinski definition) is 7. The van der Waals surface area contributed by atoms with Crippen molar-refractivity contribution in [2.24, 2.45) is 0 Å². The largest absolute Gasteiger partial charge is 0.367 e. The molecule has 17 heavy (non-hydrogen) atoms. The number of aromatic nitrogens is 5. The van der Waals surface area contributed by atoms with Crippen molar-refractivity contribution in [3.05, 3.63) is 12.1 Å². The first-order valence-electron chi connectivity index (χ1n) is 4.78. The first-order valence-corrected chi connectivity index (χ1v) is 6.68. The molecule has 0 amide bonds. The van der Waals surface area contributed by atoms with Crippen LogP contribution in [-0.2, 0) is 10.0 Å². The Kier molecular flexibility index (Phi) is 3.15. The van der Waals surface area contributed by atoms with Crippen molar-refractivity contribution in [2.45, 2.75) is 0 Å². The number of nitrogens with zero attached hydrogens (tertiary/aromatic N) is 5. The molecule has 0 spiro atoms. The Morgan fingerprint density at radius 2 is 2.18 bits per heavy atom. The average molecular weight is 257 g/mol. The number of fused-ring (bicyclic) bond motifs is 1. The Morgan fingerprint density at radius 3 is 2.94 bits per heavy atom. The minimum Gasteiger partial charge on any atom is -0.367 e. The van der Waals surface area contributed by atoms with E-state index in [0.717, 1.165) is 6.26 Å². The summed E-state index contributed by atoms with van der Waals surface area (Å²) in [6.45, 7) is 0.710. The third kappa shape index (κ3) is 3.32. The molecule has 92 valence electrons. The summed E-state index contributed by atoms with van der Waals surface area (Å²) in [7, 11) is -3.15. The van der Waals surface area contributed by atoms with Crippen LogP contribution in [0.3, 0.4) is 0 Å². The maximum atomic E-state index is 10.8. The van der Waals surface area contributed by atoms with Crippen LogP contribution < -0.4 is 10.0 Å². The number of tetrazole rings is 1. The molecule has 0 atom stereocenters. The molecule has 2 rings (SSSR count). The van der Waals surface area contributed by atoms with Gasteiger partial charge in [0, 0.05) is 13.1 Å². The van der Waals surface area contributed by atoms with Crippen molar-refractivity contribution in [3.8, 4) is 0 Å². The Morgan fingerprint density at radius 1 is 1.35 bits per heavy atom. The topological polar surface area (TPSA) is 114 Å². The average Bonchev–Trinajstić information content (AvgIpc) is 2.70. The highest BCUT2D eigenvalue weighted by Gasteiger charge is 2.01. The van der Waals surface area contributed by atoms with E-state index >= 15 is 0 Å². The third-order valence-corrected chi connectivity index (χ3v) is 2.59. The predicted molar refractivity (Wildman–Crippen MR) is 59.9 cm³/mol. The number of anilines is 1. The lowest BCUT2D eigenvalue weighted by Crippen LogP contribution is -2.27. The summed E-state index contributed by atoms with van der Waals surface area (Å²) in [5, 5.41) is 17.8. The van der Waals surface area contributed by atoms with Gasteiger partial charge in [-0.2, -0.15) is 0 Å². The minimum absolute atomic E-state index is 0.286. The van der Waals surface area contributed by atoms with Crippen LogP contribution in [0.1, 0.15) is 0 Å². The van der Waals surface area contributed by atoms with Gasteiger partial charge in [-0.1, -0.05) is 0 Å². The first-order chi connectivity index (χ1) is 8.04. The standard InChI is InChI=1S/C7H11N7O2S/c1-17(15,16)9-5-4-8-6-2-3-7-10-12-13-14(7)11-6/h2-3,9H,4-5H2,1H3,(H,8,11). The molecule has 0 aromatic carbocycles. The van der Waals surface area contributed by atoms with E-state index in [9.17, 15) is 8.42 Å². The lowest BCUT2D eigenvalue weighted by molar-refractivity contribution is 0.589. The molecule has 0 aliphatic rings. The monoisotopic (exact) mass is 257 g/mol. The van der Waals surface area contributed by atoms with Crippen LogP contribution >= 0.6 is 0 Å². The van der Waals surface area contributed by atoms with Crippen LogP contribution in [0, 0.1) is 0 Å². The molecule has 9 nitrogen and oxygen atoms in total. The van der Waals surface area contributed by atoms with Gasteiger partial charge in [0.2, 0.25) is 10.0 Å². The van der Waals surface area contributed by atoms with E-state index in [0.29, 0.717) is 18.0 Å². The zero-order chi connectivity index (χ0) is 12.3. The van der Waals surface area contributed by atoms with E-state index in [2.05, 4.69) is 30.7 Å². The zero-order valence-corrected chi connectivity index (χ0v) is 9.85. The molecule has 0 unspecified atom stereocenters. The van der Waals surface area contributed by atoms with Gasteiger partial charge in [-0.3, -0.25) is 0 Å². The Labute approximate surface area is 97.3 Å². The molecule has 2 N–H and O–H groups in total. The normalized spacial score (nSPS) is 11.8. The number of nitrogens with one attached hydrogen (secondary N) is 2. The van der Waals surface area contributed by atoms with E-state index in [1.54, 1.807) is 12.1 Å². The van der Waals surface area contributed by atoms with Gasteiger partial charge in [-0.15, -0.1) is 14.8 Å². The van der Waals surface area contributed by atoms with Gasteiger partial charge in [-0.25, -0.2) is 13.1 Å². The van der Waals surface area contributed by atoms with E-state index in [1.165, 1.54) is 4.63 Å². The predicted octanol–water partition coefficient (Wildman–Crippen LogP) is -1.52. The van der Waals surface area contributed by atoms with Gasteiger partial charge in [0.15, 0.2) is 5.65 Å². The molecule has 0 saturated heterocycles. The SMILES string of the molecule is CS(=O)(=O)NCCNc1ccc2nnnn2n1. The Bertz CT molecular complexity index is 607. The second kappa shape index (κ2) is 4.59. The molecule has 10 heteroatoms. The number of rotatable bonds is 5. The van der Waals surface area contributed by atoms with E-state index in [1.807, 2.05) is 0 Å². The maximum Gasteiger partial charge on any atom is 0.208 e. The van der Waals surface area contributed by atoms with Gasteiger partial charge in [0.1, 0.15) is 5.82 Å². The van der Waals surface area contributed by atoms with Crippen LogP contribution in [0.25, 0.3) is 5.65 Å². The Hall–Kier alpha value is -1.81. The van der Waals surface area contributed by atoms with Crippen molar-refractivity contribution in [3.63, 3.8) is 0 Å². The molecule has 0 saturated carbocycles. The highest BCUT2D eigenvalue weighted by Crippen LogP contribution is 2.01. The molecule has 0 bridgehead atoms. The van der Waals surface area contributed by atoms with Gasteiger partial charge in [0.25, 0.3) is 0 Å². The van der Waals surface area contributed by atoms with Crippen molar-refractivity contribution in [1.29, 1.82) is 0 Å². The highest BCUT2D eigenvalue weighted by atomic mass is 32.2. The fourth-order valence-electron chi connectivity index (χ4n) is 1.17. The van der Waals surface area contributed by atoms with E-state index in [-0.39, 0.29) is 6.54 Å².